The van der Waals surface area contributed by atoms with E-state index >= 15 is 0 Å². The second kappa shape index (κ2) is 8.45. The quantitative estimate of drug-likeness (QED) is 0.585. The van der Waals surface area contributed by atoms with E-state index in [0.29, 0.717) is 12.5 Å². The average Bonchev–Trinajstić information content (AvgIpc) is 2.75. The number of aliphatic hydroxyl groups is 1. The van der Waals surface area contributed by atoms with Gasteiger partial charge in [-0.2, -0.15) is 0 Å². The van der Waals surface area contributed by atoms with Gasteiger partial charge in [0.05, 0.1) is 24.4 Å². The fourth-order valence-corrected chi connectivity index (χ4v) is 4.39. The number of rotatable bonds is 7. The van der Waals surface area contributed by atoms with E-state index in [4.69, 9.17) is 9.57 Å². The molecule has 3 saturated heterocycles. The zero-order valence-corrected chi connectivity index (χ0v) is 16.7. The Labute approximate surface area is 166 Å². The summed E-state index contributed by atoms with van der Waals surface area (Å²) < 4.78 is 5.37. The lowest BCUT2D eigenvalue weighted by Crippen LogP contribution is -2.55. The first-order chi connectivity index (χ1) is 13.7. The molecule has 1 aromatic heterocycles. The lowest BCUT2D eigenvalue weighted by Gasteiger charge is -2.47. The van der Waals surface area contributed by atoms with Gasteiger partial charge in [-0.3, -0.25) is 9.88 Å². The third-order valence-electron chi connectivity index (χ3n) is 6.03. The molecule has 3 aliphatic rings. The van der Waals surface area contributed by atoms with Crippen LogP contribution in [0.25, 0.3) is 10.9 Å². The predicted octanol–water partition coefficient (Wildman–Crippen LogP) is 3.54. The van der Waals surface area contributed by atoms with E-state index < -0.39 is 6.10 Å². The molecular formula is C22H29N3O3. The second-order valence-corrected chi connectivity index (χ2v) is 7.76. The number of aromatic nitrogens is 1. The molecule has 1 N–H and O–H groups in total. The van der Waals surface area contributed by atoms with Gasteiger partial charge < -0.3 is 14.7 Å². The van der Waals surface area contributed by atoms with Crippen molar-refractivity contribution >= 4 is 16.6 Å². The van der Waals surface area contributed by atoms with Crippen molar-refractivity contribution in [3.63, 3.8) is 0 Å². The van der Waals surface area contributed by atoms with E-state index in [-0.39, 0.29) is 6.04 Å². The monoisotopic (exact) mass is 383 g/mol. The van der Waals surface area contributed by atoms with Crippen LogP contribution in [-0.4, -0.2) is 53.6 Å². The number of hydrogen-bond acceptors (Lipinski definition) is 6. The maximum Gasteiger partial charge on any atom is 0.119 e. The molecular weight excluding hydrogens is 354 g/mol. The minimum absolute atomic E-state index is 0.0881. The van der Waals surface area contributed by atoms with Crippen LogP contribution >= 0.6 is 0 Å². The number of unbranched alkanes of at least 4 members (excludes halogenated alkanes) is 1. The van der Waals surface area contributed by atoms with Crippen molar-refractivity contribution < 1.29 is 14.7 Å². The highest BCUT2D eigenvalue weighted by Gasteiger charge is 2.42. The van der Waals surface area contributed by atoms with Crippen LogP contribution in [0.4, 0.5) is 0 Å². The van der Waals surface area contributed by atoms with E-state index in [1.54, 1.807) is 13.3 Å². The highest BCUT2D eigenvalue weighted by molar-refractivity contribution is 5.90. The Bertz CT molecular complexity index is 854. The molecule has 6 heteroatoms. The Hall–Kier alpha value is -2.18. The molecule has 0 amide bonds. The molecule has 3 fully saturated rings. The molecule has 4 atom stereocenters. The van der Waals surface area contributed by atoms with Crippen LogP contribution in [0.1, 0.15) is 44.3 Å². The number of fused-ring (bicyclic) bond motifs is 4. The van der Waals surface area contributed by atoms with Crippen molar-refractivity contribution in [1.29, 1.82) is 0 Å². The molecule has 6 nitrogen and oxygen atoms in total. The minimum atomic E-state index is -0.567. The number of oxime groups is 1. The lowest BCUT2D eigenvalue weighted by molar-refractivity contribution is 0.00983. The van der Waals surface area contributed by atoms with E-state index in [1.165, 1.54) is 0 Å². The number of methoxy groups -OCH3 is 1. The zero-order valence-electron chi connectivity index (χ0n) is 16.7. The van der Waals surface area contributed by atoms with Gasteiger partial charge in [-0.15, -0.1) is 0 Å². The van der Waals surface area contributed by atoms with Crippen LogP contribution in [0.15, 0.2) is 35.6 Å². The average molecular weight is 383 g/mol. The van der Waals surface area contributed by atoms with Gasteiger partial charge in [-0.25, -0.2) is 0 Å². The molecule has 5 rings (SSSR count). The van der Waals surface area contributed by atoms with E-state index in [2.05, 4.69) is 22.0 Å². The molecule has 0 radical (unpaired) electrons. The van der Waals surface area contributed by atoms with Crippen molar-refractivity contribution in [3.05, 3.63) is 36.0 Å². The molecule has 0 aliphatic carbocycles. The third-order valence-corrected chi connectivity index (χ3v) is 6.03. The number of ether oxygens (including phenoxy) is 1. The Morgan fingerprint density at radius 2 is 2.25 bits per heavy atom. The van der Waals surface area contributed by atoms with Gasteiger partial charge in [0, 0.05) is 30.1 Å². The first-order valence-corrected chi connectivity index (χ1v) is 10.2. The minimum Gasteiger partial charge on any atom is -0.497 e. The van der Waals surface area contributed by atoms with Gasteiger partial charge >= 0.3 is 0 Å². The maximum absolute atomic E-state index is 11.3. The summed E-state index contributed by atoms with van der Waals surface area (Å²) in [6.45, 7) is 4.61. The third kappa shape index (κ3) is 3.71. The van der Waals surface area contributed by atoms with Gasteiger partial charge in [0.1, 0.15) is 12.4 Å². The molecule has 2 bridgehead atoms. The summed E-state index contributed by atoms with van der Waals surface area (Å²) in [5, 5.41) is 16.6. The van der Waals surface area contributed by atoms with Gasteiger partial charge in [-0.05, 0) is 55.6 Å². The molecule has 3 aliphatic heterocycles. The first kappa shape index (κ1) is 19.2. The second-order valence-electron chi connectivity index (χ2n) is 7.76. The molecule has 1 unspecified atom stereocenters. The molecule has 28 heavy (non-hydrogen) atoms. The SMILES string of the molecule is CCCCON=C1CN2CC[C@H]1C[C@H]2[C@H](O)c1ccnc2ccc(OC)cc12. The normalized spacial score (nSPS) is 26.5. The Kier molecular flexibility index (Phi) is 5.78. The first-order valence-electron chi connectivity index (χ1n) is 10.2. The van der Waals surface area contributed by atoms with Crippen LogP contribution in [0.3, 0.4) is 0 Å². The Morgan fingerprint density at radius 3 is 3.00 bits per heavy atom. The molecule has 2 aromatic rings. The van der Waals surface area contributed by atoms with Crippen LogP contribution < -0.4 is 4.74 Å². The summed E-state index contributed by atoms with van der Waals surface area (Å²) >= 11 is 0. The summed E-state index contributed by atoms with van der Waals surface area (Å²) in [5.74, 6) is 1.17. The topological polar surface area (TPSA) is 67.2 Å². The van der Waals surface area contributed by atoms with Crippen LogP contribution in [0.5, 0.6) is 5.75 Å². The van der Waals surface area contributed by atoms with Crippen molar-refractivity contribution in [2.24, 2.45) is 11.1 Å². The summed E-state index contributed by atoms with van der Waals surface area (Å²) in [5.41, 5.74) is 2.92. The lowest BCUT2D eigenvalue weighted by atomic mass is 9.78. The number of piperidine rings is 3. The molecule has 150 valence electrons. The predicted molar refractivity (Wildman–Crippen MR) is 110 cm³/mol. The fraction of sp³-hybridized carbons (Fsp3) is 0.545. The van der Waals surface area contributed by atoms with E-state index in [0.717, 1.165) is 66.7 Å². The van der Waals surface area contributed by atoms with E-state index in [9.17, 15) is 5.11 Å². The molecule has 4 heterocycles. The van der Waals surface area contributed by atoms with Gasteiger partial charge in [-0.1, -0.05) is 18.5 Å². The van der Waals surface area contributed by atoms with Crippen molar-refractivity contribution in [2.45, 2.75) is 44.8 Å². The zero-order chi connectivity index (χ0) is 19.5. The van der Waals surface area contributed by atoms with Crippen LogP contribution in [-0.2, 0) is 4.84 Å². The Balaban J connectivity index is 1.54. The summed E-state index contributed by atoms with van der Waals surface area (Å²) in [6, 6.07) is 7.82. The van der Waals surface area contributed by atoms with Gasteiger partial charge in [0.2, 0.25) is 0 Å². The van der Waals surface area contributed by atoms with Crippen LogP contribution in [0.2, 0.25) is 0 Å². The van der Waals surface area contributed by atoms with Crippen molar-refractivity contribution in [3.8, 4) is 5.75 Å². The van der Waals surface area contributed by atoms with Crippen molar-refractivity contribution in [2.75, 3.05) is 26.8 Å². The number of benzene rings is 1. The molecule has 0 saturated carbocycles. The number of aliphatic hydroxyl groups excluding tert-OH is 1. The number of pyridine rings is 1. The van der Waals surface area contributed by atoms with Crippen molar-refractivity contribution in [1.82, 2.24) is 9.88 Å². The molecule has 1 aromatic carbocycles. The van der Waals surface area contributed by atoms with E-state index in [1.807, 2.05) is 24.3 Å². The van der Waals surface area contributed by atoms with Gasteiger partial charge in [0.25, 0.3) is 0 Å². The van der Waals surface area contributed by atoms with Crippen LogP contribution in [0, 0.1) is 5.92 Å². The maximum atomic E-state index is 11.3. The smallest absolute Gasteiger partial charge is 0.119 e. The highest BCUT2D eigenvalue weighted by atomic mass is 16.6. The molecule has 0 spiro atoms. The summed E-state index contributed by atoms with van der Waals surface area (Å²) in [7, 11) is 1.66. The fourth-order valence-electron chi connectivity index (χ4n) is 4.39. The van der Waals surface area contributed by atoms with Gasteiger partial charge in [0.15, 0.2) is 0 Å². The Morgan fingerprint density at radius 1 is 1.36 bits per heavy atom. The standard InChI is InChI=1S/C22H29N3O3/c1-3-4-11-28-24-20-14-25-10-8-15(20)12-21(25)22(26)17-7-9-23-19-6-5-16(27-2)13-18(17)19/h5-7,9,13,15,21-22,26H,3-4,8,10-12,14H2,1-2H3/t15-,21-,22+/m0/s1. The summed E-state index contributed by atoms with van der Waals surface area (Å²) in [4.78, 5) is 12.3. The highest BCUT2D eigenvalue weighted by Crippen LogP contribution is 2.38. The largest absolute Gasteiger partial charge is 0.497 e. The summed E-state index contributed by atoms with van der Waals surface area (Å²) in [6.07, 6.45) is 5.35. The number of hydrogen-bond donors (Lipinski definition) is 1. The number of nitrogens with zero attached hydrogens (tertiary/aromatic N) is 3.